The van der Waals surface area contributed by atoms with Gasteiger partial charge in [-0.15, -0.1) is 0 Å². The first-order chi connectivity index (χ1) is 9.56. The zero-order chi connectivity index (χ0) is 14.7. The molecule has 0 unspecified atom stereocenters. The summed E-state index contributed by atoms with van der Waals surface area (Å²) in [5, 5.41) is 3.14. The van der Waals surface area contributed by atoms with Crippen LogP contribution in [0.1, 0.15) is 30.2 Å². The molecular formula is C16H20BrN3. The highest BCUT2D eigenvalue weighted by molar-refractivity contribution is 9.10. The van der Waals surface area contributed by atoms with E-state index in [1.165, 1.54) is 11.1 Å². The average Bonchev–Trinajstić information content (AvgIpc) is 2.44. The number of hydrogen-bond acceptors (Lipinski definition) is 3. The van der Waals surface area contributed by atoms with Crippen molar-refractivity contribution in [3.63, 3.8) is 0 Å². The van der Waals surface area contributed by atoms with Gasteiger partial charge in [-0.2, -0.15) is 0 Å². The molecule has 2 rings (SSSR count). The van der Waals surface area contributed by atoms with Gasteiger partial charge in [-0.25, -0.2) is 9.97 Å². The number of halogens is 1. The molecule has 3 nitrogen and oxygen atoms in total. The van der Waals surface area contributed by atoms with Gasteiger partial charge in [0.05, 0.1) is 10.2 Å². The lowest BCUT2D eigenvalue weighted by molar-refractivity contribution is 0.868. The molecule has 4 heteroatoms. The molecule has 0 aliphatic carbocycles. The first-order valence-corrected chi connectivity index (χ1v) is 7.68. The molecule has 0 saturated carbocycles. The average molecular weight is 334 g/mol. The number of nitrogens with one attached hydrogen (secondary N) is 1. The largest absolute Gasteiger partial charge is 0.372 e. The van der Waals surface area contributed by atoms with Crippen molar-refractivity contribution in [1.29, 1.82) is 0 Å². The van der Waals surface area contributed by atoms with Gasteiger partial charge in [0.2, 0.25) is 0 Å². The smallest absolute Gasteiger partial charge is 0.162 e. The van der Waals surface area contributed by atoms with Gasteiger partial charge in [0.15, 0.2) is 5.82 Å². The molecule has 106 valence electrons. The first-order valence-electron chi connectivity index (χ1n) is 6.88. The molecule has 1 heterocycles. The van der Waals surface area contributed by atoms with Crippen molar-refractivity contribution in [1.82, 2.24) is 9.97 Å². The van der Waals surface area contributed by atoms with Crippen molar-refractivity contribution < 1.29 is 0 Å². The minimum Gasteiger partial charge on any atom is -0.372 e. The Bertz CT molecular complexity index is 623. The molecule has 0 aliphatic heterocycles. The lowest BCUT2D eigenvalue weighted by atomic mass is 10.0. The van der Waals surface area contributed by atoms with E-state index in [4.69, 9.17) is 4.98 Å². The maximum Gasteiger partial charge on any atom is 0.162 e. The number of aromatic nitrogens is 2. The zero-order valence-corrected chi connectivity index (χ0v) is 14.0. The van der Waals surface area contributed by atoms with Crippen molar-refractivity contribution >= 4 is 21.7 Å². The van der Waals surface area contributed by atoms with Crippen molar-refractivity contribution in [3.05, 3.63) is 39.5 Å². The second-order valence-electron chi connectivity index (χ2n) is 4.97. The van der Waals surface area contributed by atoms with Gasteiger partial charge in [0.25, 0.3) is 0 Å². The van der Waals surface area contributed by atoms with Crippen molar-refractivity contribution in [2.24, 2.45) is 0 Å². The summed E-state index contributed by atoms with van der Waals surface area (Å²) in [5.74, 6) is 1.64. The van der Waals surface area contributed by atoms with Crippen LogP contribution in [-0.4, -0.2) is 17.0 Å². The highest BCUT2D eigenvalue weighted by Gasteiger charge is 2.13. The van der Waals surface area contributed by atoms with E-state index >= 15 is 0 Å². The number of benzene rings is 1. The zero-order valence-electron chi connectivity index (χ0n) is 12.4. The third-order valence-corrected chi connectivity index (χ3v) is 4.11. The van der Waals surface area contributed by atoms with Crippen LogP contribution < -0.4 is 5.32 Å². The van der Waals surface area contributed by atoms with Gasteiger partial charge in [0.1, 0.15) is 5.82 Å². The summed E-state index contributed by atoms with van der Waals surface area (Å²) in [4.78, 5) is 9.38. The maximum absolute atomic E-state index is 4.74. The third kappa shape index (κ3) is 3.01. The SMILES string of the molecule is CCCc1nc(-c2cc(C)ccc2C)nc(NC)c1Br. The topological polar surface area (TPSA) is 37.8 Å². The molecule has 0 amide bonds. The molecule has 20 heavy (non-hydrogen) atoms. The van der Waals surface area contributed by atoms with Crippen LogP contribution in [0.3, 0.4) is 0 Å². The lowest BCUT2D eigenvalue weighted by Crippen LogP contribution is -2.04. The van der Waals surface area contributed by atoms with Gasteiger partial charge < -0.3 is 5.32 Å². The molecule has 0 fully saturated rings. The molecule has 1 aromatic carbocycles. The Labute approximate surface area is 129 Å². The summed E-state index contributed by atoms with van der Waals surface area (Å²) in [6.45, 7) is 6.34. The Balaban J connectivity index is 2.61. The summed E-state index contributed by atoms with van der Waals surface area (Å²) in [7, 11) is 1.88. The predicted octanol–water partition coefficient (Wildman–Crippen LogP) is 4.52. The van der Waals surface area contributed by atoms with E-state index in [2.05, 4.69) is 65.2 Å². The van der Waals surface area contributed by atoms with Crippen LogP contribution in [0.4, 0.5) is 5.82 Å². The van der Waals surface area contributed by atoms with Crippen LogP contribution in [0.25, 0.3) is 11.4 Å². The molecule has 0 aliphatic rings. The summed E-state index contributed by atoms with van der Waals surface area (Å²) in [5.41, 5.74) is 4.58. The van der Waals surface area contributed by atoms with Crippen LogP contribution in [0.5, 0.6) is 0 Å². The first kappa shape index (κ1) is 15.0. The van der Waals surface area contributed by atoms with Crippen LogP contribution in [0.2, 0.25) is 0 Å². The second-order valence-corrected chi connectivity index (χ2v) is 5.77. The van der Waals surface area contributed by atoms with E-state index < -0.39 is 0 Å². The Morgan fingerprint density at radius 3 is 2.60 bits per heavy atom. The van der Waals surface area contributed by atoms with E-state index in [-0.39, 0.29) is 0 Å². The molecular weight excluding hydrogens is 314 g/mol. The maximum atomic E-state index is 4.74. The monoisotopic (exact) mass is 333 g/mol. The molecule has 0 bridgehead atoms. The molecule has 0 spiro atoms. The molecule has 1 aromatic heterocycles. The lowest BCUT2D eigenvalue weighted by Gasteiger charge is -2.12. The Morgan fingerprint density at radius 1 is 1.20 bits per heavy atom. The van der Waals surface area contributed by atoms with Gasteiger partial charge >= 0.3 is 0 Å². The minimum atomic E-state index is 0.794. The number of anilines is 1. The van der Waals surface area contributed by atoms with Gasteiger partial charge in [-0.3, -0.25) is 0 Å². The molecule has 1 N–H and O–H groups in total. The van der Waals surface area contributed by atoms with E-state index in [9.17, 15) is 0 Å². The standard InChI is InChI=1S/C16H20BrN3/c1-5-6-13-14(17)16(18-4)20-15(19-13)12-9-10(2)7-8-11(12)3/h7-9H,5-6H2,1-4H3,(H,18,19,20). The number of hydrogen-bond donors (Lipinski definition) is 1. The van der Waals surface area contributed by atoms with E-state index in [0.29, 0.717) is 0 Å². The van der Waals surface area contributed by atoms with Crippen LogP contribution in [0, 0.1) is 13.8 Å². The summed E-state index contributed by atoms with van der Waals surface area (Å²) < 4.78 is 0.968. The Kier molecular flexibility index (Phi) is 4.76. The van der Waals surface area contributed by atoms with Crippen molar-refractivity contribution in [2.75, 3.05) is 12.4 Å². The molecule has 0 atom stereocenters. The minimum absolute atomic E-state index is 0.794. The highest BCUT2D eigenvalue weighted by Crippen LogP contribution is 2.29. The second kappa shape index (κ2) is 6.35. The normalized spacial score (nSPS) is 10.7. The van der Waals surface area contributed by atoms with Crippen LogP contribution in [0.15, 0.2) is 22.7 Å². The van der Waals surface area contributed by atoms with Crippen molar-refractivity contribution in [2.45, 2.75) is 33.6 Å². The quantitative estimate of drug-likeness (QED) is 0.893. The summed E-state index contributed by atoms with van der Waals surface area (Å²) in [6, 6.07) is 6.38. The predicted molar refractivity (Wildman–Crippen MR) is 88.2 cm³/mol. The fourth-order valence-electron chi connectivity index (χ4n) is 2.16. The summed E-state index contributed by atoms with van der Waals surface area (Å²) >= 11 is 3.59. The summed E-state index contributed by atoms with van der Waals surface area (Å²) in [6.07, 6.45) is 2.00. The molecule has 0 saturated heterocycles. The van der Waals surface area contributed by atoms with Crippen LogP contribution in [-0.2, 0) is 6.42 Å². The van der Waals surface area contributed by atoms with Crippen molar-refractivity contribution in [3.8, 4) is 11.4 Å². The number of aryl methyl sites for hydroxylation is 3. The van der Waals surface area contributed by atoms with E-state index in [1.807, 2.05) is 7.05 Å². The van der Waals surface area contributed by atoms with Crippen LogP contribution >= 0.6 is 15.9 Å². The van der Waals surface area contributed by atoms with E-state index in [0.717, 1.165) is 40.2 Å². The Hall–Kier alpha value is -1.42. The van der Waals surface area contributed by atoms with Gasteiger partial charge in [-0.05, 0) is 47.8 Å². The number of nitrogens with zero attached hydrogens (tertiary/aromatic N) is 2. The third-order valence-electron chi connectivity index (χ3n) is 3.28. The van der Waals surface area contributed by atoms with Gasteiger partial charge in [-0.1, -0.05) is 31.0 Å². The van der Waals surface area contributed by atoms with Gasteiger partial charge in [0, 0.05) is 12.6 Å². The fourth-order valence-corrected chi connectivity index (χ4v) is 2.73. The molecule has 0 radical (unpaired) electrons. The highest BCUT2D eigenvalue weighted by atomic mass is 79.9. The fraction of sp³-hybridized carbons (Fsp3) is 0.375. The number of rotatable bonds is 4. The van der Waals surface area contributed by atoms with E-state index in [1.54, 1.807) is 0 Å². The molecule has 2 aromatic rings. The Morgan fingerprint density at radius 2 is 1.95 bits per heavy atom.